The molecule has 3 rings (SSSR count). The van der Waals surface area contributed by atoms with Crippen molar-refractivity contribution < 1.29 is 14.3 Å². The summed E-state index contributed by atoms with van der Waals surface area (Å²) in [5.41, 5.74) is 6.93. The number of nitrogens with zero attached hydrogens (tertiary/aromatic N) is 1. The van der Waals surface area contributed by atoms with Crippen molar-refractivity contribution in [1.82, 2.24) is 4.90 Å². The molecule has 1 aliphatic heterocycles. The number of fused-ring (bicyclic) bond motifs is 1. The molecular formula is C18H20N2O3. The lowest BCUT2D eigenvalue weighted by atomic mass is 10.1. The van der Waals surface area contributed by atoms with Gasteiger partial charge in [-0.2, -0.15) is 0 Å². The minimum atomic E-state index is -0.185. The fourth-order valence-electron chi connectivity index (χ4n) is 2.61. The monoisotopic (exact) mass is 312 g/mol. The number of rotatable bonds is 4. The van der Waals surface area contributed by atoms with E-state index < -0.39 is 0 Å². The second-order valence-corrected chi connectivity index (χ2v) is 5.47. The molecule has 1 heterocycles. The Kier molecular flexibility index (Phi) is 4.37. The first kappa shape index (κ1) is 15.2. The number of likely N-dealkylation sites (N-methyl/N-ethyl adjacent to an activating group) is 1. The summed E-state index contributed by atoms with van der Waals surface area (Å²) in [6, 6.07) is 14.6. The molecule has 1 aliphatic rings. The Hall–Kier alpha value is -2.69. The Labute approximate surface area is 135 Å². The number of benzene rings is 2. The Morgan fingerprint density at radius 2 is 2.00 bits per heavy atom. The number of hydrogen-bond donors (Lipinski definition) is 1. The first-order valence-corrected chi connectivity index (χ1v) is 7.70. The summed E-state index contributed by atoms with van der Waals surface area (Å²) in [5, 5.41) is 0. The molecule has 1 amide bonds. The van der Waals surface area contributed by atoms with Crippen LogP contribution in [-0.4, -0.2) is 36.6 Å². The zero-order chi connectivity index (χ0) is 16.2. The van der Waals surface area contributed by atoms with Crippen molar-refractivity contribution in [1.29, 1.82) is 0 Å². The summed E-state index contributed by atoms with van der Waals surface area (Å²) < 4.78 is 11.6. The van der Waals surface area contributed by atoms with Gasteiger partial charge >= 0.3 is 0 Å². The van der Waals surface area contributed by atoms with Gasteiger partial charge in [-0.05, 0) is 37.3 Å². The van der Waals surface area contributed by atoms with Crippen LogP contribution in [0.2, 0.25) is 0 Å². The Morgan fingerprint density at radius 1 is 1.22 bits per heavy atom. The highest BCUT2D eigenvalue weighted by molar-refractivity contribution is 5.95. The smallest absolute Gasteiger partial charge is 0.254 e. The molecule has 0 aliphatic carbocycles. The third-order valence-corrected chi connectivity index (χ3v) is 3.79. The minimum Gasteiger partial charge on any atom is -0.486 e. The van der Waals surface area contributed by atoms with Crippen molar-refractivity contribution in [2.24, 2.45) is 0 Å². The number of carbonyl (C=O) groups is 1. The molecule has 0 bridgehead atoms. The topological polar surface area (TPSA) is 64.8 Å². The average Bonchev–Trinajstić information content (AvgIpc) is 2.59. The lowest BCUT2D eigenvalue weighted by Crippen LogP contribution is -2.43. The lowest BCUT2D eigenvalue weighted by Gasteiger charge is -2.31. The maximum atomic E-state index is 12.6. The number of anilines is 1. The second-order valence-electron chi connectivity index (χ2n) is 5.47. The highest BCUT2D eigenvalue weighted by atomic mass is 16.6. The van der Waals surface area contributed by atoms with Crippen molar-refractivity contribution >= 4 is 11.6 Å². The van der Waals surface area contributed by atoms with Gasteiger partial charge in [0.05, 0.1) is 6.54 Å². The molecule has 23 heavy (non-hydrogen) atoms. The quantitative estimate of drug-likeness (QED) is 0.881. The van der Waals surface area contributed by atoms with E-state index in [-0.39, 0.29) is 12.0 Å². The fourth-order valence-corrected chi connectivity index (χ4v) is 2.61. The predicted molar refractivity (Wildman–Crippen MR) is 88.8 cm³/mol. The standard InChI is InChI=1S/C18H20N2O3/c1-2-20(18(21)13-6-5-7-14(19)10-13)11-15-12-22-16-8-3-4-9-17(16)23-15/h3-10,15H,2,11-12,19H2,1H3. The number of amides is 1. The van der Waals surface area contributed by atoms with Crippen molar-refractivity contribution in [3.63, 3.8) is 0 Å². The zero-order valence-electron chi connectivity index (χ0n) is 13.1. The minimum absolute atomic E-state index is 0.0535. The molecule has 1 unspecified atom stereocenters. The van der Waals surface area contributed by atoms with Gasteiger partial charge in [0, 0.05) is 17.8 Å². The van der Waals surface area contributed by atoms with Crippen molar-refractivity contribution in [3.8, 4) is 11.5 Å². The zero-order valence-corrected chi connectivity index (χ0v) is 13.1. The summed E-state index contributed by atoms with van der Waals surface area (Å²) in [4.78, 5) is 14.4. The van der Waals surface area contributed by atoms with Crippen LogP contribution in [0.1, 0.15) is 17.3 Å². The van der Waals surface area contributed by atoms with Crippen LogP contribution in [0, 0.1) is 0 Å². The van der Waals surface area contributed by atoms with E-state index in [0.717, 1.165) is 11.5 Å². The number of hydrogen-bond acceptors (Lipinski definition) is 4. The average molecular weight is 312 g/mol. The Balaban J connectivity index is 1.69. The van der Waals surface area contributed by atoms with E-state index in [4.69, 9.17) is 15.2 Å². The molecule has 2 aromatic carbocycles. The van der Waals surface area contributed by atoms with Crippen LogP contribution in [0.25, 0.3) is 0 Å². The van der Waals surface area contributed by atoms with E-state index >= 15 is 0 Å². The summed E-state index contributed by atoms with van der Waals surface area (Å²) in [5.74, 6) is 1.41. The van der Waals surface area contributed by atoms with E-state index in [1.165, 1.54) is 0 Å². The molecule has 2 N–H and O–H groups in total. The number of nitrogens with two attached hydrogens (primary N) is 1. The number of carbonyl (C=O) groups excluding carboxylic acids is 1. The maximum absolute atomic E-state index is 12.6. The molecule has 120 valence electrons. The maximum Gasteiger partial charge on any atom is 0.254 e. The number of para-hydroxylation sites is 2. The molecule has 0 radical (unpaired) electrons. The van der Waals surface area contributed by atoms with Crippen LogP contribution in [0.15, 0.2) is 48.5 Å². The highest BCUT2D eigenvalue weighted by Crippen LogP contribution is 2.31. The van der Waals surface area contributed by atoms with E-state index in [0.29, 0.717) is 30.9 Å². The summed E-state index contributed by atoms with van der Waals surface area (Å²) >= 11 is 0. The van der Waals surface area contributed by atoms with E-state index in [1.807, 2.05) is 31.2 Å². The van der Waals surface area contributed by atoms with Crippen molar-refractivity contribution in [3.05, 3.63) is 54.1 Å². The predicted octanol–water partition coefficient (Wildman–Crippen LogP) is 2.57. The van der Waals surface area contributed by atoms with Crippen LogP contribution in [0.5, 0.6) is 11.5 Å². The number of ether oxygens (including phenoxy) is 2. The third kappa shape index (κ3) is 3.39. The summed E-state index contributed by atoms with van der Waals surface area (Å²) in [6.07, 6.45) is -0.185. The van der Waals surface area contributed by atoms with Crippen LogP contribution >= 0.6 is 0 Å². The molecule has 0 saturated carbocycles. The summed E-state index contributed by atoms with van der Waals surface area (Å²) in [7, 11) is 0. The van der Waals surface area contributed by atoms with Crippen LogP contribution < -0.4 is 15.2 Å². The van der Waals surface area contributed by atoms with Crippen LogP contribution in [-0.2, 0) is 0 Å². The first-order valence-electron chi connectivity index (χ1n) is 7.70. The van der Waals surface area contributed by atoms with Gasteiger partial charge in [-0.15, -0.1) is 0 Å². The Bertz CT molecular complexity index is 702. The van der Waals surface area contributed by atoms with Gasteiger partial charge in [-0.1, -0.05) is 18.2 Å². The molecule has 0 fully saturated rings. The second kappa shape index (κ2) is 6.60. The van der Waals surface area contributed by atoms with Crippen LogP contribution in [0.4, 0.5) is 5.69 Å². The molecule has 0 saturated heterocycles. The van der Waals surface area contributed by atoms with E-state index in [1.54, 1.807) is 29.2 Å². The van der Waals surface area contributed by atoms with Gasteiger partial charge < -0.3 is 20.1 Å². The number of nitrogen functional groups attached to an aromatic ring is 1. The highest BCUT2D eigenvalue weighted by Gasteiger charge is 2.25. The van der Waals surface area contributed by atoms with Gasteiger partial charge in [-0.3, -0.25) is 4.79 Å². The largest absolute Gasteiger partial charge is 0.486 e. The van der Waals surface area contributed by atoms with Gasteiger partial charge in [-0.25, -0.2) is 0 Å². The fraction of sp³-hybridized carbons (Fsp3) is 0.278. The van der Waals surface area contributed by atoms with Crippen molar-refractivity contribution in [2.45, 2.75) is 13.0 Å². The summed E-state index contributed by atoms with van der Waals surface area (Å²) in [6.45, 7) is 3.44. The molecule has 1 atom stereocenters. The molecule has 2 aromatic rings. The molecule has 5 heteroatoms. The molecular weight excluding hydrogens is 292 g/mol. The Morgan fingerprint density at radius 3 is 2.74 bits per heavy atom. The van der Waals surface area contributed by atoms with Gasteiger partial charge in [0.2, 0.25) is 0 Å². The lowest BCUT2D eigenvalue weighted by molar-refractivity contribution is 0.0475. The SMILES string of the molecule is CCN(CC1COc2ccccc2O1)C(=O)c1cccc(N)c1. The van der Waals surface area contributed by atoms with E-state index in [2.05, 4.69) is 0 Å². The normalized spacial score (nSPS) is 16.0. The first-order chi connectivity index (χ1) is 11.2. The van der Waals surface area contributed by atoms with Gasteiger partial charge in [0.25, 0.3) is 5.91 Å². The third-order valence-electron chi connectivity index (χ3n) is 3.79. The van der Waals surface area contributed by atoms with Gasteiger partial charge in [0.15, 0.2) is 17.6 Å². The van der Waals surface area contributed by atoms with Crippen molar-refractivity contribution in [2.75, 3.05) is 25.4 Å². The van der Waals surface area contributed by atoms with Crippen LogP contribution in [0.3, 0.4) is 0 Å². The molecule has 0 spiro atoms. The molecule has 5 nitrogen and oxygen atoms in total. The van der Waals surface area contributed by atoms with E-state index in [9.17, 15) is 4.79 Å². The van der Waals surface area contributed by atoms with Gasteiger partial charge in [0.1, 0.15) is 6.61 Å². The molecule has 0 aromatic heterocycles.